The van der Waals surface area contributed by atoms with Gasteiger partial charge in [0.15, 0.2) is 0 Å². The Morgan fingerprint density at radius 3 is 2.59 bits per heavy atom. The predicted octanol–water partition coefficient (Wildman–Crippen LogP) is 4.95. The van der Waals surface area contributed by atoms with Crippen molar-refractivity contribution in [2.24, 2.45) is 11.8 Å². The molecule has 0 aromatic carbocycles. The van der Waals surface area contributed by atoms with Crippen molar-refractivity contribution in [2.75, 3.05) is 7.11 Å². The Morgan fingerprint density at radius 2 is 2.05 bits per heavy atom. The van der Waals surface area contributed by atoms with Gasteiger partial charge in [-0.1, -0.05) is 47.0 Å². The van der Waals surface area contributed by atoms with Crippen LogP contribution in [0.4, 0.5) is 0 Å². The first-order valence-corrected chi connectivity index (χ1v) is 8.71. The molecule has 0 aliphatic heterocycles. The van der Waals surface area contributed by atoms with Gasteiger partial charge in [-0.3, -0.25) is 4.79 Å². The van der Waals surface area contributed by atoms with Gasteiger partial charge in [-0.25, -0.2) is 0 Å². The van der Waals surface area contributed by atoms with Crippen molar-refractivity contribution in [1.82, 2.24) is 0 Å². The molecule has 2 atom stereocenters. The van der Waals surface area contributed by atoms with Gasteiger partial charge in [0.1, 0.15) is 17.9 Å². The van der Waals surface area contributed by atoms with Crippen molar-refractivity contribution in [3.05, 3.63) is 23.2 Å². The smallest absolute Gasteiger partial charge is 0.313 e. The topological polar surface area (TPSA) is 39.4 Å². The summed E-state index contributed by atoms with van der Waals surface area (Å²) < 4.78 is 10.7. The van der Waals surface area contributed by atoms with E-state index in [4.69, 9.17) is 9.15 Å². The Bertz CT molecular complexity index is 448. The summed E-state index contributed by atoms with van der Waals surface area (Å²) >= 11 is 0. The van der Waals surface area contributed by atoms with Crippen LogP contribution in [-0.4, -0.2) is 13.1 Å². The second-order valence-electron chi connectivity index (χ2n) is 6.38. The molecule has 0 aliphatic rings. The molecule has 0 aliphatic carbocycles. The molecule has 1 aromatic heterocycles. The average molecular weight is 308 g/mol. The van der Waals surface area contributed by atoms with Crippen molar-refractivity contribution < 1.29 is 13.9 Å². The third-order valence-corrected chi connectivity index (χ3v) is 4.42. The molecule has 1 aromatic rings. The number of ether oxygens (including phenoxy) is 1. The van der Waals surface area contributed by atoms with Gasteiger partial charge in [-0.15, -0.1) is 0 Å². The standard InChI is InChI=1S/C19H32O3/c1-6-9-15(7-2)10-14(4)11-17-12-16(8-3)18(22-17)13-19(20)21-5/h12,14-15H,6-11,13H2,1-5H3/t14-,15+/m0/s1. The molecule has 0 saturated heterocycles. The molecular formula is C19H32O3. The third-order valence-electron chi connectivity index (χ3n) is 4.42. The molecule has 22 heavy (non-hydrogen) atoms. The molecule has 0 radical (unpaired) electrons. The minimum absolute atomic E-state index is 0.238. The van der Waals surface area contributed by atoms with Gasteiger partial charge < -0.3 is 9.15 Å². The summed E-state index contributed by atoms with van der Waals surface area (Å²) in [5.41, 5.74) is 1.13. The van der Waals surface area contributed by atoms with Gasteiger partial charge in [0.25, 0.3) is 0 Å². The van der Waals surface area contributed by atoms with Crippen molar-refractivity contribution in [3.63, 3.8) is 0 Å². The first-order chi connectivity index (χ1) is 10.5. The fourth-order valence-corrected chi connectivity index (χ4v) is 3.17. The summed E-state index contributed by atoms with van der Waals surface area (Å²) in [6.45, 7) is 8.93. The lowest BCUT2D eigenvalue weighted by Crippen LogP contribution is -2.08. The molecule has 3 heteroatoms. The Hall–Kier alpha value is -1.25. The number of rotatable bonds is 10. The zero-order chi connectivity index (χ0) is 16.5. The predicted molar refractivity (Wildman–Crippen MR) is 90.0 cm³/mol. The largest absolute Gasteiger partial charge is 0.469 e. The number of methoxy groups -OCH3 is 1. The number of esters is 1. The minimum Gasteiger partial charge on any atom is -0.469 e. The molecule has 0 unspecified atom stereocenters. The highest BCUT2D eigenvalue weighted by molar-refractivity contribution is 5.72. The van der Waals surface area contributed by atoms with Crippen molar-refractivity contribution in [3.8, 4) is 0 Å². The zero-order valence-corrected chi connectivity index (χ0v) is 14.9. The molecule has 126 valence electrons. The number of hydrogen-bond acceptors (Lipinski definition) is 3. The summed E-state index contributed by atoms with van der Waals surface area (Å²) in [5.74, 6) is 2.97. The summed E-state index contributed by atoms with van der Waals surface area (Å²) in [7, 11) is 1.42. The van der Waals surface area contributed by atoms with Crippen LogP contribution in [-0.2, 0) is 28.8 Å². The first-order valence-electron chi connectivity index (χ1n) is 8.71. The van der Waals surface area contributed by atoms with Crippen LogP contribution in [0, 0.1) is 11.8 Å². The van der Waals surface area contributed by atoms with E-state index in [0.29, 0.717) is 5.92 Å². The Labute approximate surface area is 135 Å². The second-order valence-corrected chi connectivity index (χ2v) is 6.38. The maximum Gasteiger partial charge on any atom is 0.313 e. The molecule has 0 bridgehead atoms. The van der Waals surface area contributed by atoms with E-state index in [1.807, 2.05) is 0 Å². The van der Waals surface area contributed by atoms with Gasteiger partial charge in [0, 0.05) is 6.42 Å². The van der Waals surface area contributed by atoms with E-state index >= 15 is 0 Å². The van der Waals surface area contributed by atoms with Crippen LogP contribution >= 0.6 is 0 Å². The molecule has 0 amide bonds. The highest BCUT2D eigenvalue weighted by Crippen LogP contribution is 2.25. The highest BCUT2D eigenvalue weighted by Gasteiger charge is 2.17. The number of furan rings is 1. The fourth-order valence-electron chi connectivity index (χ4n) is 3.17. The zero-order valence-electron chi connectivity index (χ0n) is 14.9. The summed E-state index contributed by atoms with van der Waals surface area (Å²) in [5, 5.41) is 0. The molecule has 1 heterocycles. The molecule has 3 nitrogen and oxygen atoms in total. The van der Waals surface area contributed by atoms with E-state index < -0.39 is 0 Å². The van der Waals surface area contributed by atoms with Gasteiger partial charge >= 0.3 is 5.97 Å². The van der Waals surface area contributed by atoms with E-state index in [1.54, 1.807) is 0 Å². The van der Waals surface area contributed by atoms with Crippen LogP contribution < -0.4 is 0 Å². The summed E-state index contributed by atoms with van der Waals surface area (Å²) in [4.78, 5) is 11.5. The molecular weight excluding hydrogens is 276 g/mol. The third kappa shape index (κ3) is 5.86. The monoisotopic (exact) mass is 308 g/mol. The van der Waals surface area contributed by atoms with Crippen LogP contribution in [0.2, 0.25) is 0 Å². The lowest BCUT2D eigenvalue weighted by Gasteiger charge is -2.18. The van der Waals surface area contributed by atoms with E-state index in [9.17, 15) is 4.79 Å². The Kier molecular flexibility index (Phi) is 8.29. The minimum atomic E-state index is -0.238. The highest BCUT2D eigenvalue weighted by atomic mass is 16.5. The van der Waals surface area contributed by atoms with Crippen LogP contribution in [0.3, 0.4) is 0 Å². The van der Waals surface area contributed by atoms with E-state index in [0.717, 1.165) is 35.8 Å². The van der Waals surface area contributed by atoms with Crippen LogP contribution in [0.25, 0.3) is 0 Å². The maximum absolute atomic E-state index is 11.5. The number of carbonyl (C=O) groups is 1. The van der Waals surface area contributed by atoms with Gasteiger partial charge in [-0.05, 0) is 36.3 Å². The summed E-state index contributed by atoms with van der Waals surface area (Å²) in [6, 6.07) is 2.12. The Balaban J connectivity index is 2.66. The molecule has 0 saturated carbocycles. The van der Waals surface area contributed by atoms with Gasteiger partial charge in [-0.2, -0.15) is 0 Å². The van der Waals surface area contributed by atoms with Crippen LogP contribution in [0.15, 0.2) is 10.5 Å². The fraction of sp³-hybridized carbons (Fsp3) is 0.737. The molecule has 0 spiro atoms. The van der Waals surface area contributed by atoms with E-state index in [-0.39, 0.29) is 12.4 Å². The normalized spacial score (nSPS) is 13.9. The van der Waals surface area contributed by atoms with Crippen LogP contribution in [0.1, 0.15) is 70.5 Å². The van der Waals surface area contributed by atoms with Crippen LogP contribution in [0.5, 0.6) is 0 Å². The number of hydrogen-bond donors (Lipinski definition) is 0. The van der Waals surface area contributed by atoms with Crippen molar-refractivity contribution >= 4 is 5.97 Å². The van der Waals surface area contributed by atoms with Crippen molar-refractivity contribution in [1.29, 1.82) is 0 Å². The second kappa shape index (κ2) is 9.70. The van der Waals surface area contributed by atoms with Crippen molar-refractivity contribution in [2.45, 2.75) is 72.6 Å². The molecule has 1 rings (SSSR count). The lowest BCUT2D eigenvalue weighted by molar-refractivity contribution is -0.140. The number of carbonyl (C=O) groups excluding carboxylic acids is 1. The van der Waals surface area contributed by atoms with E-state index in [1.165, 1.54) is 32.8 Å². The maximum atomic E-state index is 11.5. The van der Waals surface area contributed by atoms with E-state index in [2.05, 4.69) is 33.8 Å². The Morgan fingerprint density at radius 1 is 1.32 bits per heavy atom. The van der Waals surface area contributed by atoms with Gasteiger partial charge in [0.05, 0.1) is 7.11 Å². The average Bonchev–Trinajstić information content (AvgIpc) is 2.87. The van der Waals surface area contributed by atoms with Gasteiger partial charge in [0.2, 0.25) is 0 Å². The number of aryl methyl sites for hydroxylation is 1. The molecule has 0 fully saturated rings. The first kappa shape index (κ1) is 18.8. The quantitative estimate of drug-likeness (QED) is 0.574. The summed E-state index contributed by atoms with van der Waals surface area (Å²) in [6.07, 6.45) is 7.15. The lowest BCUT2D eigenvalue weighted by atomic mass is 9.88. The SMILES string of the molecule is CCC[C@@H](CC)C[C@H](C)Cc1cc(CC)c(CC(=O)OC)o1. The molecule has 0 N–H and O–H groups in total.